The summed E-state index contributed by atoms with van der Waals surface area (Å²) in [7, 11) is 0. The number of nitrogens with one attached hydrogen (secondary N) is 1. The molecule has 6 nitrogen and oxygen atoms in total. The number of anilines is 2. The van der Waals surface area contributed by atoms with Crippen molar-refractivity contribution in [1.29, 1.82) is 0 Å². The van der Waals surface area contributed by atoms with Crippen LogP contribution in [0.4, 0.5) is 29.3 Å². The zero-order chi connectivity index (χ0) is 20.5. The summed E-state index contributed by atoms with van der Waals surface area (Å²) < 4.78 is 43.5. The Kier molecular flexibility index (Phi) is 5.06. The highest BCUT2D eigenvalue weighted by molar-refractivity contribution is 5.90. The number of hydrogen-bond acceptors (Lipinski definition) is 5. The minimum Gasteiger partial charge on any atom is -0.441 e. The monoisotopic (exact) mass is 406 g/mol. The van der Waals surface area contributed by atoms with E-state index in [2.05, 4.69) is 15.3 Å². The average Bonchev–Trinajstić information content (AvgIpc) is 3.04. The predicted octanol–water partition coefficient (Wildman–Crippen LogP) is 4.49. The zero-order valence-corrected chi connectivity index (χ0v) is 15.7. The van der Waals surface area contributed by atoms with Gasteiger partial charge in [-0.05, 0) is 55.9 Å². The molecule has 1 aliphatic carbocycles. The molecule has 9 heteroatoms. The number of alkyl halides is 3. The van der Waals surface area contributed by atoms with E-state index in [0.29, 0.717) is 24.7 Å². The van der Waals surface area contributed by atoms with E-state index in [-0.39, 0.29) is 6.09 Å². The number of aromatic nitrogens is 2. The minimum atomic E-state index is -4.43. The molecule has 1 saturated heterocycles. The third-order valence-corrected chi connectivity index (χ3v) is 5.59. The summed E-state index contributed by atoms with van der Waals surface area (Å²) in [4.78, 5) is 21.5. The van der Waals surface area contributed by atoms with Crippen LogP contribution in [-0.4, -0.2) is 34.8 Å². The van der Waals surface area contributed by atoms with Crippen LogP contribution in [-0.2, 0) is 10.9 Å². The van der Waals surface area contributed by atoms with Crippen molar-refractivity contribution < 1.29 is 22.7 Å². The van der Waals surface area contributed by atoms with Gasteiger partial charge in [0.2, 0.25) is 0 Å². The van der Waals surface area contributed by atoms with Crippen LogP contribution in [0.1, 0.15) is 31.4 Å². The van der Waals surface area contributed by atoms with Crippen LogP contribution in [0, 0.1) is 5.92 Å². The smallest absolute Gasteiger partial charge is 0.433 e. The summed E-state index contributed by atoms with van der Waals surface area (Å²) in [5.41, 5.74) is -0.0792. The van der Waals surface area contributed by atoms with Gasteiger partial charge in [0.05, 0.1) is 30.3 Å². The van der Waals surface area contributed by atoms with Gasteiger partial charge >= 0.3 is 12.3 Å². The van der Waals surface area contributed by atoms with Crippen molar-refractivity contribution in [1.82, 2.24) is 9.97 Å². The van der Waals surface area contributed by atoms with Crippen LogP contribution in [0.15, 0.2) is 42.9 Å². The van der Waals surface area contributed by atoms with E-state index in [1.54, 1.807) is 23.4 Å². The number of pyridine rings is 2. The van der Waals surface area contributed by atoms with Gasteiger partial charge in [-0.3, -0.25) is 9.88 Å². The van der Waals surface area contributed by atoms with Crippen molar-refractivity contribution in [2.45, 2.75) is 37.5 Å². The van der Waals surface area contributed by atoms with E-state index in [1.165, 1.54) is 12.3 Å². The van der Waals surface area contributed by atoms with Crippen molar-refractivity contribution in [2.75, 3.05) is 23.3 Å². The summed E-state index contributed by atoms with van der Waals surface area (Å²) in [5, 5.41) is 3.16. The number of amides is 1. The van der Waals surface area contributed by atoms with E-state index >= 15 is 0 Å². The third kappa shape index (κ3) is 4.28. The zero-order valence-electron chi connectivity index (χ0n) is 15.7. The first kappa shape index (κ1) is 19.5. The molecule has 0 unspecified atom stereocenters. The van der Waals surface area contributed by atoms with Crippen molar-refractivity contribution in [3.63, 3.8) is 0 Å². The lowest BCUT2D eigenvalue weighted by Gasteiger charge is -2.35. The Hall–Kier alpha value is -2.84. The van der Waals surface area contributed by atoms with Gasteiger partial charge in [0.25, 0.3) is 0 Å². The number of carbonyl (C=O) groups excluding carboxylic acids is 1. The number of nitrogens with zero attached hydrogens (tertiary/aromatic N) is 3. The van der Waals surface area contributed by atoms with Gasteiger partial charge in [0.15, 0.2) is 0 Å². The highest BCUT2D eigenvalue weighted by Gasteiger charge is 2.47. The normalized spacial score (nSPS) is 24.6. The molecule has 4 rings (SSSR count). The minimum absolute atomic E-state index is 0.342. The first-order chi connectivity index (χ1) is 13.8. The molecule has 3 heterocycles. The van der Waals surface area contributed by atoms with Crippen LogP contribution in [0.3, 0.4) is 0 Å². The molecule has 0 aromatic carbocycles. The lowest BCUT2D eigenvalue weighted by atomic mass is 9.78. The van der Waals surface area contributed by atoms with Gasteiger partial charge in [-0.1, -0.05) is 0 Å². The van der Waals surface area contributed by atoms with Gasteiger partial charge in [0.1, 0.15) is 11.3 Å². The number of halogens is 3. The Morgan fingerprint density at radius 3 is 2.62 bits per heavy atom. The Morgan fingerprint density at radius 2 is 2.00 bits per heavy atom. The SMILES string of the molecule is O=C1O[C@]2(CC[C@H](CNc3ccc(C(F)(F)F)nc3)CC2)CN1c1cccnc1. The largest absolute Gasteiger partial charge is 0.441 e. The van der Waals surface area contributed by atoms with Gasteiger partial charge in [-0.15, -0.1) is 0 Å². The highest BCUT2D eigenvalue weighted by Crippen LogP contribution is 2.40. The van der Waals surface area contributed by atoms with Gasteiger partial charge in [0, 0.05) is 12.7 Å². The quantitative estimate of drug-likeness (QED) is 0.810. The molecule has 1 amide bonds. The Bertz CT molecular complexity index is 850. The molecule has 2 aliphatic rings. The second kappa shape index (κ2) is 7.53. The van der Waals surface area contributed by atoms with Gasteiger partial charge in [-0.2, -0.15) is 13.2 Å². The molecule has 2 aromatic rings. The van der Waals surface area contributed by atoms with Crippen molar-refractivity contribution in [3.8, 4) is 0 Å². The van der Waals surface area contributed by atoms with E-state index in [4.69, 9.17) is 4.74 Å². The third-order valence-electron chi connectivity index (χ3n) is 5.59. The maximum Gasteiger partial charge on any atom is 0.433 e. The fourth-order valence-electron chi connectivity index (χ4n) is 3.93. The topological polar surface area (TPSA) is 67.3 Å². The molecular weight excluding hydrogens is 385 g/mol. The lowest BCUT2D eigenvalue weighted by Crippen LogP contribution is -2.39. The van der Waals surface area contributed by atoms with Gasteiger partial charge in [-0.25, -0.2) is 9.78 Å². The summed E-state index contributed by atoms with van der Waals surface area (Å²) in [5.74, 6) is 0.356. The van der Waals surface area contributed by atoms with Crippen LogP contribution in [0.5, 0.6) is 0 Å². The maximum atomic E-state index is 12.6. The molecule has 154 valence electrons. The van der Waals surface area contributed by atoms with Crippen LogP contribution in [0.25, 0.3) is 0 Å². The summed E-state index contributed by atoms with van der Waals surface area (Å²) in [6, 6.07) is 5.99. The first-order valence-corrected chi connectivity index (χ1v) is 9.52. The maximum absolute atomic E-state index is 12.6. The Balaban J connectivity index is 1.29. The number of rotatable bonds is 4. The van der Waals surface area contributed by atoms with Crippen molar-refractivity contribution >= 4 is 17.5 Å². The van der Waals surface area contributed by atoms with Gasteiger partial charge < -0.3 is 10.1 Å². The molecule has 2 aromatic heterocycles. The van der Waals surface area contributed by atoms with Crippen LogP contribution < -0.4 is 10.2 Å². The Morgan fingerprint density at radius 1 is 1.21 bits per heavy atom. The predicted molar refractivity (Wildman–Crippen MR) is 100 cm³/mol. The average molecular weight is 406 g/mol. The van der Waals surface area contributed by atoms with Crippen LogP contribution in [0.2, 0.25) is 0 Å². The number of hydrogen-bond donors (Lipinski definition) is 1. The molecule has 0 bridgehead atoms. The molecular formula is C20H21F3N4O2. The summed E-state index contributed by atoms with van der Waals surface area (Å²) >= 11 is 0. The van der Waals surface area contributed by atoms with Crippen molar-refractivity contribution in [2.24, 2.45) is 5.92 Å². The number of ether oxygens (including phenoxy) is 1. The van der Waals surface area contributed by atoms with Crippen molar-refractivity contribution in [3.05, 3.63) is 48.5 Å². The van der Waals surface area contributed by atoms with E-state index in [1.807, 2.05) is 6.07 Å². The molecule has 2 fully saturated rings. The fourth-order valence-corrected chi connectivity index (χ4v) is 3.93. The molecule has 1 spiro atoms. The second-order valence-corrected chi connectivity index (χ2v) is 7.60. The molecule has 29 heavy (non-hydrogen) atoms. The molecule has 0 radical (unpaired) electrons. The fraction of sp³-hybridized carbons (Fsp3) is 0.450. The second-order valence-electron chi connectivity index (χ2n) is 7.60. The molecule has 1 N–H and O–H groups in total. The summed E-state index contributed by atoms with van der Waals surface area (Å²) in [6.07, 6.45) is 2.99. The standard InChI is InChI=1S/C20H21F3N4O2/c21-20(22,23)17-4-3-15(11-26-17)25-10-14-5-7-19(8-6-14)13-27(18(28)29-19)16-2-1-9-24-12-16/h1-4,9,11-12,14,25H,5-8,10,13H2/t14-,19-. The number of carbonyl (C=O) groups is 1. The summed E-state index contributed by atoms with van der Waals surface area (Å²) in [6.45, 7) is 1.16. The Labute approximate surface area is 166 Å². The van der Waals surface area contributed by atoms with E-state index in [9.17, 15) is 18.0 Å². The first-order valence-electron chi connectivity index (χ1n) is 9.52. The van der Waals surface area contributed by atoms with E-state index < -0.39 is 17.5 Å². The molecule has 1 saturated carbocycles. The van der Waals surface area contributed by atoms with Crippen LogP contribution >= 0.6 is 0 Å². The molecule has 0 atom stereocenters. The highest BCUT2D eigenvalue weighted by atomic mass is 19.4. The lowest BCUT2D eigenvalue weighted by molar-refractivity contribution is -0.141. The molecule has 1 aliphatic heterocycles. The van der Waals surface area contributed by atoms with E-state index in [0.717, 1.165) is 37.4 Å².